The van der Waals surface area contributed by atoms with E-state index in [1.54, 1.807) is 0 Å². The Labute approximate surface area is 98.8 Å². The van der Waals surface area contributed by atoms with Crippen LogP contribution in [-0.2, 0) is 6.18 Å². The lowest BCUT2D eigenvalue weighted by Crippen LogP contribution is -2.08. The van der Waals surface area contributed by atoms with Gasteiger partial charge in [0.1, 0.15) is 5.75 Å². The van der Waals surface area contributed by atoms with Crippen LogP contribution < -0.4 is 0 Å². The third-order valence-electron chi connectivity index (χ3n) is 2.21. The minimum atomic E-state index is -4.61. The SMILES string of the molecule is CC(CO)c1cc(Br)cc(C(F)(F)F)c1O. The van der Waals surface area contributed by atoms with Gasteiger partial charge in [-0.3, -0.25) is 0 Å². The second-order valence-electron chi connectivity index (χ2n) is 3.47. The number of aliphatic hydroxyl groups excluding tert-OH is 1. The van der Waals surface area contributed by atoms with Crippen LogP contribution in [0.2, 0.25) is 0 Å². The predicted octanol–water partition coefficient (Wildman–Crippen LogP) is 3.27. The van der Waals surface area contributed by atoms with E-state index in [-0.39, 0.29) is 16.6 Å². The zero-order valence-corrected chi connectivity index (χ0v) is 9.93. The summed E-state index contributed by atoms with van der Waals surface area (Å²) in [7, 11) is 0. The molecule has 0 bridgehead atoms. The zero-order valence-electron chi connectivity index (χ0n) is 8.35. The highest BCUT2D eigenvalue weighted by Gasteiger charge is 2.35. The van der Waals surface area contributed by atoms with E-state index in [4.69, 9.17) is 5.11 Å². The van der Waals surface area contributed by atoms with Gasteiger partial charge in [-0.2, -0.15) is 13.2 Å². The Balaban J connectivity index is 3.38. The molecule has 0 spiro atoms. The van der Waals surface area contributed by atoms with Gasteiger partial charge in [-0.15, -0.1) is 0 Å². The molecule has 0 aliphatic rings. The quantitative estimate of drug-likeness (QED) is 0.880. The van der Waals surface area contributed by atoms with Crippen LogP contribution in [0.15, 0.2) is 16.6 Å². The number of aliphatic hydroxyl groups is 1. The summed E-state index contributed by atoms with van der Waals surface area (Å²) in [4.78, 5) is 0. The third kappa shape index (κ3) is 2.68. The fourth-order valence-corrected chi connectivity index (χ4v) is 1.79. The lowest BCUT2D eigenvalue weighted by atomic mass is 9.98. The average Bonchev–Trinajstić information content (AvgIpc) is 2.18. The smallest absolute Gasteiger partial charge is 0.420 e. The van der Waals surface area contributed by atoms with E-state index in [0.29, 0.717) is 0 Å². The van der Waals surface area contributed by atoms with Crippen molar-refractivity contribution in [3.8, 4) is 5.75 Å². The Morgan fingerprint density at radius 3 is 2.38 bits per heavy atom. The molecule has 0 heterocycles. The van der Waals surface area contributed by atoms with Gasteiger partial charge in [0.25, 0.3) is 0 Å². The van der Waals surface area contributed by atoms with Gasteiger partial charge in [-0.1, -0.05) is 22.9 Å². The Hall–Kier alpha value is -0.750. The van der Waals surface area contributed by atoms with Gasteiger partial charge in [0.2, 0.25) is 0 Å². The summed E-state index contributed by atoms with van der Waals surface area (Å²) in [5, 5.41) is 18.4. The van der Waals surface area contributed by atoms with E-state index in [1.807, 2.05) is 0 Å². The summed E-state index contributed by atoms with van der Waals surface area (Å²) in [5.41, 5.74) is -1.03. The van der Waals surface area contributed by atoms with Crippen LogP contribution in [0.25, 0.3) is 0 Å². The highest BCUT2D eigenvalue weighted by atomic mass is 79.9. The first-order valence-corrected chi connectivity index (χ1v) is 5.27. The van der Waals surface area contributed by atoms with Gasteiger partial charge in [0.15, 0.2) is 0 Å². The van der Waals surface area contributed by atoms with E-state index in [1.165, 1.54) is 13.0 Å². The lowest BCUT2D eigenvalue weighted by molar-refractivity contribution is -0.138. The highest BCUT2D eigenvalue weighted by Crippen LogP contribution is 2.41. The molecular formula is C10H10BrF3O2. The van der Waals surface area contributed by atoms with E-state index in [9.17, 15) is 18.3 Å². The fourth-order valence-electron chi connectivity index (χ4n) is 1.31. The maximum absolute atomic E-state index is 12.5. The number of alkyl halides is 3. The van der Waals surface area contributed by atoms with Crippen molar-refractivity contribution in [2.75, 3.05) is 6.61 Å². The Morgan fingerprint density at radius 2 is 1.94 bits per heavy atom. The number of hydrogen-bond acceptors (Lipinski definition) is 2. The molecule has 1 atom stereocenters. The van der Waals surface area contributed by atoms with Gasteiger partial charge in [0, 0.05) is 22.6 Å². The van der Waals surface area contributed by atoms with Gasteiger partial charge >= 0.3 is 6.18 Å². The molecule has 0 saturated heterocycles. The third-order valence-corrected chi connectivity index (χ3v) is 2.67. The number of halogens is 4. The summed E-state index contributed by atoms with van der Waals surface area (Å²) in [5.74, 6) is -1.38. The van der Waals surface area contributed by atoms with E-state index < -0.39 is 23.4 Å². The van der Waals surface area contributed by atoms with Crippen LogP contribution in [0, 0.1) is 0 Å². The van der Waals surface area contributed by atoms with Crippen molar-refractivity contribution in [1.29, 1.82) is 0 Å². The molecule has 0 saturated carbocycles. The maximum Gasteiger partial charge on any atom is 0.420 e. The van der Waals surface area contributed by atoms with Crippen molar-refractivity contribution >= 4 is 15.9 Å². The van der Waals surface area contributed by atoms with Crippen LogP contribution >= 0.6 is 15.9 Å². The van der Waals surface area contributed by atoms with Crippen LogP contribution in [-0.4, -0.2) is 16.8 Å². The van der Waals surface area contributed by atoms with Crippen molar-refractivity contribution in [3.63, 3.8) is 0 Å². The summed E-state index contributed by atoms with van der Waals surface area (Å²) < 4.78 is 37.8. The standard InChI is InChI=1S/C10H10BrF3O2/c1-5(4-15)7-2-6(11)3-8(9(7)16)10(12,13)14/h2-3,5,15-16H,4H2,1H3. The number of aromatic hydroxyl groups is 1. The molecule has 1 aromatic carbocycles. The van der Waals surface area contributed by atoms with E-state index in [2.05, 4.69) is 15.9 Å². The molecule has 90 valence electrons. The number of phenolic OH excluding ortho intramolecular Hbond substituents is 1. The Bertz CT molecular complexity index is 390. The highest BCUT2D eigenvalue weighted by molar-refractivity contribution is 9.10. The molecule has 6 heteroatoms. The monoisotopic (exact) mass is 298 g/mol. The van der Waals surface area contributed by atoms with Gasteiger partial charge < -0.3 is 10.2 Å². The van der Waals surface area contributed by atoms with Crippen LogP contribution in [0.1, 0.15) is 24.0 Å². The zero-order chi connectivity index (χ0) is 12.5. The second-order valence-corrected chi connectivity index (χ2v) is 4.39. The molecule has 16 heavy (non-hydrogen) atoms. The van der Waals surface area contributed by atoms with E-state index >= 15 is 0 Å². The minimum absolute atomic E-state index is 0.0733. The van der Waals surface area contributed by atoms with E-state index in [0.717, 1.165) is 6.07 Å². The van der Waals surface area contributed by atoms with Crippen molar-refractivity contribution in [2.45, 2.75) is 19.0 Å². The maximum atomic E-state index is 12.5. The summed E-state index contributed by atoms with van der Waals surface area (Å²) in [6.45, 7) is 1.20. The largest absolute Gasteiger partial charge is 0.507 e. The number of rotatable bonds is 2. The van der Waals surface area contributed by atoms with Crippen LogP contribution in [0.4, 0.5) is 13.2 Å². The molecule has 0 aliphatic carbocycles. The first-order chi connectivity index (χ1) is 7.27. The van der Waals surface area contributed by atoms with Crippen molar-refractivity contribution in [3.05, 3.63) is 27.7 Å². The molecule has 1 unspecified atom stereocenters. The van der Waals surface area contributed by atoms with Gasteiger partial charge in [-0.05, 0) is 12.1 Å². The van der Waals surface area contributed by atoms with Gasteiger partial charge in [0.05, 0.1) is 5.56 Å². The molecule has 1 rings (SSSR count). The van der Waals surface area contributed by atoms with Crippen molar-refractivity contribution in [2.24, 2.45) is 0 Å². The fraction of sp³-hybridized carbons (Fsp3) is 0.400. The molecule has 2 N–H and O–H groups in total. The summed E-state index contributed by atoms with van der Waals surface area (Å²) >= 11 is 2.94. The normalized spacial score (nSPS) is 13.9. The summed E-state index contributed by atoms with van der Waals surface area (Å²) in [6, 6.07) is 2.17. The number of hydrogen-bond donors (Lipinski definition) is 2. The molecule has 2 nitrogen and oxygen atoms in total. The lowest BCUT2D eigenvalue weighted by Gasteiger charge is -2.16. The number of phenols is 1. The molecule has 0 aromatic heterocycles. The number of benzene rings is 1. The first kappa shape index (κ1) is 13.3. The first-order valence-electron chi connectivity index (χ1n) is 4.47. The Kier molecular flexibility index (Phi) is 3.85. The molecule has 0 radical (unpaired) electrons. The average molecular weight is 299 g/mol. The Morgan fingerprint density at radius 1 is 1.38 bits per heavy atom. The van der Waals surface area contributed by atoms with Crippen LogP contribution in [0.5, 0.6) is 5.75 Å². The van der Waals surface area contributed by atoms with Crippen LogP contribution in [0.3, 0.4) is 0 Å². The predicted molar refractivity (Wildman–Crippen MR) is 56.3 cm³/mol. The molecule has 0 amide bonds. The molecule has 0 fully saturated rings. The molecule has 1 aromatic rings. The summed E-state index contributed by atoms with van der Waals surface area (Å²) in [6.07, 6.45) is -4.61. The minimum Gasteiger partial charge on any atom is -0.507 e. The molecule has 0 aliphatic heterocycles. The van der Waals surface area contributed by atoms with Crippen molar-refractivity contribution < 1.29 is 23.4 Å². The van der Waals surface area contributed by atoms with Crippen molar-refractivity contribution in [1.82, 2.24) is 0 Å². The molecular weight excluding hydrogens is 289 g/mol. The topological polar surface area (TPSA) is 40.5 Å². The second kappa shape index (κ2) is 4.63. The van der Waals surface area contributed by atoms with Gasteiger partial charge in [-0.25, -0.2) is 0 Å².